The van der Waals surface area contributed by atoms with Gasteiger partial charge in [-0.15, -0.1) is 0 Å². The SMILES string of the molecule is C=C(CN1CCOc2ccc(C)cc21)N1CCN(C)CC1. The van der Waals surface area contributed by atoms with Crippen molar-refractivity contribution in [2.75, 3.05) is 57.8 Å². The second-order valence-corrected chi connectivity index (χ2v) is 6.10. The molecule has 0 unspecified atom stereocenters. The van der Waals surface area contributed by atoms with Gasteiger partial charge in [-0.3, -0.25) is 0 Å². The van der Waals surface area contributed by atoms with Crippen LogP contribution in [-0.2, 0) is 0 Å². The van der Waals surface area contributed by atoms with Crippen LogP contribution in [-0.4, -0.2) is 62.7 Å². The average molecular weight is 287 g/mol. The molecule has 1 aromatic carbocycles. The third-order valence-electron chi connectivity index (χ3n) is 4.40. The lowest BCUT2D eigenvalue weighted by molar-refractivity contribution is 0.184. The Morgan fingerprint density at radius 2 is 1.95 bits per heavy atom. The van der Waals surface area contributed by atoms with E-state index in [1.807, 2.05) is 0 Å². The van der Waals surface area contributed by atoms with Crippen molar-refractivity contribution in [2.45, 2.75) is 6.92 Å². The molecule has 0 saturated carbocycles. The average Bonchev–Trinajstić information content (AvgIpc) is 2.48. The Morgan fingerprint density at radius 1 is 1.19 bits per heavy atom. The molecule has 4 heteroatoms. The molecule has 3 rings (SSSR count). The van der Waals surface area contributed by atoms with Crippen molar-refractivity contribution >= 4 is 5.69 Å². The van der Waals surface area contributed by atoms with Gasteiger partial charge in [0.25, 0.3) is 0 Å². The van der Waals surface area contributed by atoms with Crippen LogP contribution in [0.25, 0.3) is 0 Å². The minimum absolute atomic E-state index is 0.756. The Hall–Kier alpha value is -1.68. The summed E-state index contributed by atoms with van der Waals surface area (Å²) < 4.78 is 5.76. The largest absolute Gasteiger partial charge is 0.490 e. The smallest absolute Gasteiger partial charge is 0.142 e. The number of piperazine rings is 1. The summed E-state index contributed by atoms with van der Waals surface area (Å²) in [6.07, 6.45) is 0. The summed E-state index contributed by atoms with van der Waals surface area (Å²) in [5, 5.41) is 0. The normalized spacial score (nSPS) is 19.1. The van der Waals surface area contributed by atoms with Crippen LogP contribution < -0.4 is 9.64 Å². The van der Waals surface area contributed by atoms with Crippen molar-refractivity contribution in [1.29, 1.82) is 0 Å². The molecule has 1 aromatic rings. The predicted molar refractivity (Wildman–Crippen MR) is 87.1 cm³/mol. The van der Waals surface area contributed by atoms with Crippen molar-refractivity contribution in [2.24, 2.45) is 0 Å². The van der Waals surface area contributed by atoms with Gasteiger partial charge in [0.15, 0.2) is 0 Å². The van der Waals surface area contributed by atoms with Crippen LogP contribution in [0.1, 0.15) is 5.56 Å². The van der Waals surface area contributed by atoms with E-state index in [0.717, 1.165) is 51.6 Å². The van der Waals surface area contributed by atoms with Crippen molar-refractivity contribution in [3.8, 4) is 5.75 Å². The van der Waals surface area contributed by atoms with Crippen LogP contribution in [0.4, 0.5) is 5.69 Å². The summed E-state index contributed by atoms with van der Waals surface area (Å²) in [7, 11) is 2.18. The van der Waals surface area contributed by atoms with E-state index >= 15 is 0 Å². The lowest BCUT2D eigenvalue weighted by Crippen LogP contribution is -2.46. The highest BCUT2D eigenvalue weighted by molar-refractivity contribution is 5.61. The Bertz CT molecular complexity index is 521. The molecule has 2 aliphatic rings. The Labute approximate surface area is 127 Å². The van der Waals surface area contributed by atoms with Gasteiger partial charge in [-0.05, 0) is 31.7 Å². The Balaban J connectivity index is 1.68. The van der Waals surface area contributed by atoms with E-state index < -0.39 is 0 Å². The van der Waals surface area contributed by atoms with Crippen molar-refractivity contribution in [3.05, 3.63) is 36.0 Å². The predicted octanol–water partition coefficient (Wildman–Crippen LogP) is 1.95. The number of ether oxygens (including phenoxy) is 1. The summed E-state index contributed by atoms with van der Waals surface area (Å²) >= 11 is 0. The molecular formula is C17H25N3O. The van der Waals surface area contributed by atoms with Gasteiger partial charge in [0.2, 0.25) is 0 Å². The molecule has 0 spiro atoms. The standard InChI is InChI=1S/C17H25N3O/c1-14-4-5-17-16(12-14)20(10-11-21-17)13-15(2)19-8-6-18(3)7-9-19/h4-5,12H,2,6-11,13H2,1,3H3. The van der Waals surface area contributed by atoms with Crippen LogP contribution in [0.2, 0.25) is 0 Å². The lowest BCUT2D eigenvalue weighted by Gasteiger charge is -2.38. The number of fused-ring (bicyclic) bond motifs is 1. The second-order valence-electron chi connectivity index (χ2n) is 6.10. The third-order valence-corrected chi connectivity index (χ3v) is 4.40. The fourth-order valence-corrected chi connectivity index (χ4v) is 2.99. The van der Waals surface area contributed by atoms with E-state index in [-0.39, 0.29) is 0 Å². The third kappa shape index (κ3) is 3.16. The van der Waals surface area contributed by atoms with Gasteiger partial charge >= 0.3 is 0 Å². The van der Waals surface area contributed by atoms with Gasteiger partial charge in [0.05, 0.1) is 18.8 Å². The quantitative estimate of drug-likeness (QED) is 0.846. The fraction of sp³-hybridized carbons (Fsp3) is 0.529. The van der Waals surface area contributed by atoms with E-state index in [2.05, 4.69) is 53.4 Å². The molecule has 1 saturated heterocycles. The maximum absolute atomic E-state index is 5.76. The first-order valence-corrected chi connectivity index (χ1v) is 7.73. The lowest BCUT2D eigenvalue weighted by atomic mass is 10.1. The van der Waals surface area contributed by atoms with Gasteiger partial charge < -0.3 is 19.4 Å². The summed E-state index contributed by atoms with van der Waals surface area (Å²) in [6, 6.07) is 6.40. The topological polar surface area (TPSA) is 19.0 Å². The summed E-state index contributed by atoms with van der Waals surface area (Å²) in [5.41, 5.74) is 3.70. The molecule has 4 nitrogen and oxygen atoms in total. The monoisotopic (exact) mass is 287 g/mol. The molecule has 114 valence electrons. The van der Waals surface area contributed by atoms with Crippen LogP contribution in [0.15, 0.2) is 30.5 Å². The highest BCUT2D eigenvalue weighted by atomic mass is 16.5. The molecule has 2 aliphatic heterocycles. The maximum atomic E-state index is 5.76. The second kappa shape index (κ2) is 5.98. The molecule has 0 N–H and O–H groups in total. The number of likely N-dealkylation sites (N-methyl/N-ethyl adjacent to an activating group) is 1. The molecule has 0 aromatic heterocycles. The zero-order valence-corrected chi connectivity index (χ0v) is 13.1. The van der Waals surface area contributed by atoms with Crippen LogP contribution in [0.5, 0.6) is 5.75 Å². The zero-order valence-electron chi connectivity index (χ0n) is 13.1. The maximum Gasteiger partial charge on any atom is 0.142 e. The Kier molecular flexibility index (Phi) is 4.06. The van der Waals surface area contributed by atoms with Gasteiger partial charge in [0, 0.05) is 31.9 Å². The number of aryl methyl sites for hydroxylation is 1. The Morgan fingerprint density at radius 3 is 2.71 bits per heavy atom. The molecule has 0 radical (unpaired) electrons. The van der Waals surface area contributed by atoms with E-state index in [1.54, 1.807) is 0 Å². The molecule has 1 fully saturated rings. The highest BCUT2D eigenvalue weighted by Crippen LogP contribution is 2.32. The molecule has 0 bridgehead atoms. The van der Waals surface area contributed by atoms with Gasteiger partial charge in [-0.1, -0.05) is 12.6 Å². The van der Waals surface area contributed by atoms with Gasteiger partial charge in [-0.2, -0.15) is 0 Å². The number of nitrogens with zero attached hydrogens (tertiary/aromatic N) is 3. The molecular weight excluding hydrogens is 262 g/mol. The molecule has 0 atom stereocenters. The van der Waals surface area contributed by atoms with E-state index in [4.69, 9.17) is 4.74 Å². The van der Waals surface area contributed by atoms with Crippen molar-refractivity contribution in [1.82, 2.24) is 9.80 Å². The van der Waals surface area contributed by atoms with Crippen LogP contribution in [0.3, 0.4) is 0 Å². The van der Waals surface area contributed by atoms with Crippen LogP contribution >= 0.6 is 0 Å². The zero-order chi connectivity index (χ0) is 14.8. The number of hydrogen-bond acceptors (Lipinski definition) is 4. The first-order valence-electron chi connectivity index (χ1n) is 7.73. The molecule has 0 aliphatic carbocycles. The summed E-state index contributed by atoms with van der Waals surface area (Å²) in [6.45, 7) is 13.4. The van der Waals surface area contributed by atoms with Crippen molar-refractivity contribution < 1.29 is 4.74 Å². The number of benzene rings is 1. The number of hydrogen-bond donors (Lipinski definition) is 0. The van der Waals surface area contributed by atoms with Crippen LogP contribution in [0, 0.1) is 6.92 Å². The van der Waals surface area contributed by atoms with Crippen molar-refractivity contribution in [3.63, 3.8) is 0 Å². The van der Waals surface area contributed by atoms with E-state index in [1.165, 1.54) is 16.9 Å². The van der Waals surface area contributed by atoms with E-state index in [0.29, 0.717) is 0 Å². The fourth-order valence-electron chi connectivity index (χ4n) is 2.99. The minimum Gasteiger partial charge on any atom is -0.490 e. The molecule has 21 heavy (non-hydrogen) atoms. The minimum atomic E-state index is 0.756. The molecule has 2 heterocycles. The first-order chi connectivity index (χ1) is 10.1. The van der Waals surface area contributed by atoms with Gasteiger partial charge in [-0.25, -0.2) is 0 Å². The first kappa shape index (κ1) is 14.3. The van der Waals surface area contributed by atoms with E-state index in [9.17, 15) is 0 Å². The summed E-state index contributed by atoms with van der Waals surface area (Å²) in [4.78, 5) is 7.19. The van der Waals surface area contributed by atoms with Gasteiger partial charge in [0.1, 0.15) is 12.4 Å². The highest BCUT2D eigenvalue weighted by Gasteiger charge is 2.21. The summed E-state index contributed by atoms with van der Waals surface area (Å²) in [5.74, 6) is 0.998. The molecule has 0 amide bonds. The number of anilines is 1. The number of rotatable bonds is 3.